The molecule has 1 aromatic heterocycles. The van der Waals surface area contributed by atoms with Gasteiger partial charge in [-0.25, -0.2) is 4.98 Å². The van der Waals surface area contributed by atoms with E-state index in [1.807, 2.05) is 0 Å². The number of fused-ring (bicyclic) bond motifs is 1. The molecule has 0 aliphatic rings. The minimum Gasteiger partial charge on any atom is -0.328 e. The first-order valence-electron chi connectivity index (χ1n) is 8.77. The van der Waals surface area contributed by atoms with Gasteiger partial charge in [0.05, 0.1) is 11.0 Å². The zero-order valence-corrected chi connectivity index (χ0v) is 14.3. The average Bonchev–Trinajstić information content (AvgIpc) is 2.90. The molecule has 0 spiro atoms. The molecule has 2 aromatic carbocycles. The van der Waals surface area contributed by atoms with Gasteiger partial charge >= 0.3 is 0 Å². The van der Waals surface area contributed by atoms with Crippen LogP contribution in [0.1, 0.15) is 43.1 Å². The predicted octanol–water partition coefficient (Wildman–Crippen LogP) is 5.32. The first-order valence-corrected chi connectivity index (χ1v) is 8.77. The quantitative estimate of drug-likeness (QED) is 0.540. The van der Waals surface area contributed by atoms with Crippen molar-refractivity contribution in [3.05, 3.63) is 65.5 Å². The summed E-state index contributed by atoms with van der Waals surface area (Å²) in [4.78, 5) is 4.92. The number of nitrogens with zero attached hydrogens (tertiary/aromatic N) is 2. The summed E-state index contributed by atoms with van der Waals surface area (Å²) in [7, 11) is 0. The van der Waals surface area contributed by atoms with Crippen molar-refractivity contribution in [3.63, 3.8) is 0 Å². The van der Waals surface area contributed by atoms with E-state index in [2.05, 4.69) is 66.9 Å². The number of imidazole rings is 1. The summed E-state index contributed by atoms with van der Waals surface area (Å²) in [6, 6.07) is 17.4. The maximum atomic E-state index is 4.92. The fraction of sp³-hybridized carbons (Fsp3) is 0.381. The SMILES string of the molecule is CCCCCc1nc2cc(C)ccc2n1CCc1ccccc1. The highest BCUT2D eigenvalue weighted by molar-refractivity contribution is 5.76. The second-order valence-corrected chi connectivity index (χ2v) is 6.36. The van der Waals surface area contributed by atoms with Crippen LogP contribution in [0.3, 0.4) is 0 Å². The van der Waals surface area contributed by atoms with Crippen LogP contribution in [0.2, 0.25) is 0 Å². The topological polar surface area (TPSA) is 17.8 Å². The van der Waals surface area contributed by atoms with E-state index in [0.29, 0.717) is 0 Å². The van der Waals surface area contributed by atoms with E-state index in [4.69, 9.17) is 4.98 Å². The van der Waals surface area contributed by atoms with Crippen LogP contribution in [0, 0.1) is 6.92 Å². The van der Waals surface area contributed by atoms with Crippen molar-refractivity contribution in [2.45, 2.75) is 52.5 Å². The number of aromatic nitrogens is 2. The van der Waals surface area contributed by atoms with Gasteiger partial charge in [0.1, 0.15) is 5.82 Å². The van der Waals surface area contributed by atoms with Crippen molar-refractivity contribution in [1.82, 2.24) is 9.55 Å². The molecule has 0 unspecified atom stereocenters. The van der Waals surface area contributed by atoms with Gasteiger partial charge in [0.15, 0.2) is 0 Å². The summed E-state index contributed by atoms with van der Waals surface area (Å²) in [5.41, 5.74) is 5.09. The molecule has 0 fully saturated rings. The van der Waals surface area contributed by atoms with E-state index in [1.54, 1.807) is 0 Å². The molecule has 0 bridgehead atoms. The molecule has 3 aromatic rings. The molecule has 2 nitrogen and oxygen atoms in total. The second kappa shape index (κ2) is 7.45. The van der Waals surface area contributed by atoms with Gasteiger partial charge in [0, 0.05) is 13.0 Å². The van der Waals surface area contributed by atoms with Gasteiger partial charge in [0.2, 0.25) is 0 Å². The highest BCUT2D eigenvalue weighted by Gasteiger charge is 2.10. The molecule has 1 heterocycles. The Bertz CT molecular complexity index is 756. The molecule has 0 aliphatic carbocycles. The smallest absolute Gasteiger partial charge is 0.109 e. The van der Waals surface area contributed by atoms with Crippen LogP contribution in [0.25, 0.3) is 11.0 Å². The third-order valence-corrected chi connectivity index (χ3v) is 4.45. The van der Waals surface area contributed by atoms with E-state index in [9.17, 15) is 0 Å². The van der Waals surface area contributed by atoms with Crippen molar-refractivity contribution >= 4 is 11.0 Å². The van der Waals surface area contributed by atoms with Crippen molar-refractivity contribution in [2.75, 3.05) is 0 Å². The Morgan fingerprint density at radius 1 is 0.957 bits per heavy atom. The monoisotopic (exact) mass is 306 g/mol. The highest BCUT2D eigenvalue weighted by Crippen LogP contribution is 2.20. The molecule has 0 amide bonds. The maximum Gasteiger partial charge on any atom is 0.109 e. The zero-order chi connectivity index (χ0) is 16.1. The fourth-order valence-electron chi connectivity index (χ4n) is 3.15. The summed E-state index contributed by atoms with van der Waals surface area (Å²) in [6.07, 6.45) is 5.89. The minimum absolute atomic E-state index is 1.00. The Morgan fingerprint density at radius 2 is 1.78 bits per heavy atom. The van der Waals surface area contributed by atoms with Crippen molar-refractivity contribution in [3.8, 4) is 0 Å². The molecular weight excluding hydrogens is 280 g/mol. The lowest BCUT2D eigenvalue weighted by atomic mass is 10.1. The summed E-state index contributed by atoms with van der Waals surface area (Å²) < 4.78 is 2.43. The van der Waals surface area contributed by atoms with Gasteiger partial charge in [-0.3, -0.25) is 0 Å². The molecule has 0 radical (unpaired) electrons. The molecule has 0 saturated carbocycles. The number of unbranched alkanes of at least 4 members (excludes halogenated alkanes) is 2. The zero-order valence-electron chi connectivity index (χ0n) is 14.3. The number of benzene rings is 2. The van der Waals surface area contributed by atoms with Crippen molar-refractivity contribution in [2.24, 2.45) is 0 Å². The average molecular weight is 306 g/mol. The Morgan fingerprint density at radius 3 is 2.57 bits per heavy atom. The Labute approximate surface area is 139 Å². The van der Waals surface area contributed by atoms with Gasteiger partial charge in [-0.05, 0) is 43.0 Å². The third-order valence-electron chi connectivity index (χ3n) is 4.45. The van der Waals surface area contributed by atoms with E-state index >= 15 is 0 Å². The second-order valence-electron chi connectivity index (χ2n) is 6.36. The van der Waals surface area contributed by atoms with Gasteiger partial charge < -0.3 is 4.57 Å². The Hall–Kier alpha value is -2.09. The molecule has 2 heteroatoms. The molecule has 0 N–H and O–H groups in total. The third kappa shape index (κ3) is 3.82. The van der Waals surface area contributed by atoms with Crippen LogP contribution in [-0.2, 0) is 19.4 Å². The van der Waals surface area contributed by atoms with Crippen LogP contribution in [0.15, 0.2) is 48.5 Å². The number of hydrogen-bond acceptors (Lipinski definition) is 1. The molecule has 0 aliphatic heterocycles. The van der Waals surface area contributed by atoms with Crippen molar-refractivity contribution in [1.29, 1.82) is 0 Å². The van der Waals surface area contributed by atoms with Crippen molar-refractivity contribution < 1.29 is 0 Å². The normalized spacial score (nSPS) is 11.2. The Balaban J connectivity index is 1.86. The molecular formula is C21H26N2. The highest BCUT2D eigenvalue weighted by atomic mass is 15.1. The first kappa shape index (κ1) is 15.8. The van der Waals surface area contributed by atoms with Gasteiger partial charge in [-0.15, -0.1) is 0 Å². The van der Waals surface area contributed by atoms with E-state index in [1.165, 1.54) is 41.7 Å². The summed E-state index contributed by atoms with van der Waals surface area (Å²) in [5, 5.41) is 0. The Kier molecular flexibility index (Phi) is 5.12. The van der Waals surface area contributed by atoms with Crippen LogP contribution in [-0.4, -0.2) is 9.55 Å². The lowest BCUT2D eigenvalue weighted by molar-refractivity contribution is 0.628. The van der Waals surface area contributed by atoms with Gasteiger partial charge in [-0.1, -0.05) is 56.2 Å². The van der Waals surface area contributed by atoms with Crippen LogP contribution in [0.5, 0.6) is 0 Å². The minimum atomic E-state index is 1.00. The number of rotatable bonds is 7. The largest absolute Gasteiger partial charge is 0.328 e. The van der Waals surface area contributed by atoms with Crippen LogP contribution in [0.4, 0.5) is 0 Å². The summed E-state index contributed by atoms with van der Waals surface area (Å²) >= 11 is 0. The van der Waals surface area contributed by atoms with E-state index in [-0.39, 0.29) is 0 Å². The summed E-state index contributed by atoms with van der Waals surface area (Å²) in [5.74, 6) is 1.25. The lowest BCUT2D eigenvalue weighted by Gasteiger charge is -2.09. The van der Waals surface area contributed by atoms with E-state index in [0.717, 1.165) is 24.9 Å². The van der Waals surface area contributed by atoms with E-state index < -0.39 is 0 Å². The molecule has 0 atom stereocenters. The number of aryl methyl sites for hydroxylation is 4. The first-order chi connectivity index (χ1) is 11.3. The standard InChI is InChI=1S/C21H26N2/c1-3-4-6-11-21-22-19-16-17(2)12-13-20(19)23(21)15-14-18-9-7-5-8-10-18/h5,7-10,12-13,16H,3-4,6,11,14-15H2,1-2H3. The number of hydrogen-bond donors (Lipinski definition) is 0. The molecule has 23 heavy (non-hydrogen) atoms. The summed E-state index contributed by atoms with van der Waals surface area (Å²) in [6.45, 7) is 5.39. The maximum absolute atomic E-state index is 4.92. The molecule has 120 valence electrons. The van der Waals surface area contributed by atoms with Gasteiger partial charge in [0.25, 0.3) is 0 Å². The predicted molar refractivity (Wildman–Crippen MR) is 97.8 cm³/mol. The van der Waals surface area contributed by atoms with Crippen LogP contribution >= 0.6 is 0 Å². The fourth-order valence-corrected chi connectivity index (χ4v) is 3.15. The molecule has 3 rings (SSSR count). The lowest BCUT2D eigenvalue weighted by Crippen LogP contribution is -2.06. The molecule has 0 saturated heterocycles. The van der Waals surface area contributed by atoms with Gasteiger partial charge in [-0.2, -0.15) is 0 Å². The van der Waals surface area contributed by atoms with Crippen LogP contribution < -0.4 is 0 Å².